The summed E-state index contributed by atoms with van der Waals surface area (Å²) in [5.41, 5.74) is 1.20. The first-order chi connectivity index (χ1) is 14.3. The van der Waals surface area contributed by atoms with E-state index in [-0.39, 0.29) is 22.6 Å². The Morgan fingerprint density at radius 3 is 2.60 bits per heavy atom. The molecule has 0 radical (unpaired) electrons. The third-order valence-corrected chi connectivity index (χ3v) is 7.86. The molecule has 2 unspecified atom stereocenters. The lowest BCUT2D eigenvalue weighted by Crippen LogP contribution is -2.33. The molecule has 0 aliphatic carbocycles. The molecule has 9 heteroatoms. The molecule has 2 atom stereocenters. The van der Waals surface area contributed by atoms with Gasteiger partial charge in [-0.15, -0.1) is 0 Å². The van der Waals surface area contributed by atoms with Crippen LogP contribution in [0.3, 0.4) is 0 Å². The van der Waals surface area contributed by atoms with Gasteiger partial charge in [0.2, 0.25) is 0 Å². The minimum absolute atomic E-state index is 0.130. The fraction of sp³-hybridized carbons (Fsp3) is 0.381. The molecule has 0 aromatic heterocycles. The summed E-state index contributed by atoms with van der Waals surface area (Å²) in [4.78, 5) is 12.6. The Morgan fingerprint density at radius 2 is 1.93 bits per heavy atom. The fourth-order valence-corrected chi connectivity index (χ4v) is 5.63. The maximum absolute atomic E-state index is 12.6. The number of carbonyl (C=O) groups excluding carboxylic acids is 1. The first kappa shape index (κ1) is 22.9. The van der Waals surface area contributed by atoms with Crippen molar-refractivity contribution in [1.29, 1.82) is 0 Å². The summed E-state index contributed by atoms with van der Waals surface area (Å²) in [5, 5.41) is 9.56. The molecule has 1 heterocycles. The van der Waals surface area contributed by atoms with Gasteiger partial charge in [-0.3, -0.25) is 0 Å². The van der Waals surface area contributed by atoms with Crippen LogP contribution < -0.4 is 16.0 Å². The van der Waals surface area contributed by atoms with Crippen molar-refractivity contribution in [1.82, 2.24) is 10.6 Å². The van der Waals surface area contributed by atoms with Crippen LogP contribution in [0, 0.1) is 5.92 Å². The highest BCUT2D eigenvalue weighted by Crippen LogP contribution is 2.29. The van der Waals surface area contributed by atoms with Gasteiger partial charge in [-0.25, -0.2) is 13.2 Å². The van der Waals surface area contributed by atoms with E-state index in [0.29, 0.717) is 21.3 Å². The number of halogens is 2. The van der Waals surface area contributed by atoms with Gasteiger partial charge in [0, 0.05) is 5.69 Å². The molecule has 0 saturated carbocycles. The van der Waals surface area contributed by atoms with Gasteiger partial charge < -0.3 is 16.0 Å². The van der Waals surface area contributed by atoms with Crippen LogP contribution >= 0.6 is 23.2 Å². The van der Waals surface area contributed by atoms with Gasteiger partial charge in [0.25, 0.3) is 0 Å². The Labute approximate surface area is 187 Å². The molecule has 162 valence electrons. The van der Waals surface area contributed by atoms with E-state index in [1.165, 1.54) is 12.1 Å². The lowest BCUT2D eigenvalue weighted by molar-refractivity contribution is 0.249. The van der Waals surface area contributed by atoms with Crippen molar-refractivity contribution in [2.45, 2.75) is 30.7 Å². The molecule has 1 fully saturated rings. The highest BCUT2D eigenvalue weighted by Gasteiger charge is 2.23. The van der Waals surface area contributed by atoms with Crippen LogP contribution in [0.15, 0.2) is 47.4 Å². The summed E-state index contributed by atoms with van der Waals surface area (Å²) in [6.07, 6.45) is 1.91. The third-order valence-electron chi connectivity index (χ3n) is 5.12. The average Bonchev–Trinajstić information content (AvgIpc) is 2.70. The number of amides is 2. The van der Waals surface area contributed by atoms with E-state index in [4.69, 9.17) is 23.2 Å². The summed E-state index contributed by atoms with van der Waals surface area (Å²) in [6.45, 7) is 3.47. The zero-order valence-electron chi connectivity index (χ0n) is 16.6. The minimum Gasteiger partial charge on any atom is -0.331 e. The van der Waals surface area contributed by atoms with Crippen LogP contribution in [0.1, 0.15) is 31.4 Å². The Kier molecular flexibility index (Phi) is 7.63. The highest BCUT2D eigenvalue weighted by molar-refractivity contribution is 7.91. The predicted octanol–water partition coefficient (Wildman–Crippen LogP) is 4.65. The van der Waals surface area contributed by atoms with E-state index in [2.05, 4.69) is 16.0 Å². The number of piperidine rings is 1. The number of carbonyl (C=O) groups is 1. The molecule has 30 heavy (non-hydrogen) atoms. The van der Waals surface area contributed by atoms with E-state index in [1.807, 2.05) is 0 Å². The van der Waals surface area contributed by atoms with E-state index in [1.54, 1.807) is 37.3 Å². The molecular weight excluding hydrogens is 445 g/mol. The zero-order chi connectivity index (χ0) is 21.7. The standard InChI is InChI=1S/C21H25Cl2N3O3S/c1-14(18-5-2-6-19(22)20(18)23)25-21(27)26-16-7-9-17(10-8-16)30(28,29)13-15-4-3-11-24-12-15/h2,5-10,14-15,24H,3-4,11-13H2,1H3,(H2,25,26,27). The number of sulfone groups is 1. The molecule has 0 spiro atoms. The largest absolute Gasteiger partial charge is 0.331 e. The van der Waals surface area contributed by atoms with Crippen molar-refractivity contribution in [3.8, 4) is 0 Å². The second-order valence-corrected chi connectivity index (χ2v) is 10.3. The molecule has 2 aromatic rings. The zero-order valence-corrected chi connectivity index (χ0v) is 18.9. The summed E-state index contributed by atoms with van der Waals surface area (Å²) in [7, 11) is -3.36. The SMILES string of the molecule is CC(NC(=O)Nc1ccc(S(=O)(=O)CC2CCCNC2)cc1)c1cccc(Cl)c1Cl. The Morgan fingerprint density at radius 1 is 1.20 bits per heavy atom. The van der Waals surface area contributed by atoms with E-state index in [0.717, 1.165) is 25.9 Å². The number of nitrogens with one attached hydrogen (secondary N) is 3. The Balaban J connectivity index is 1.59. The van der Waals surface area contributed by atoms with Crippen molar-refractivity contribution >= 4 is 44.8 Å². The van der Waals surface area contributed by atoms with E-state index in [9.17, 15) is 13.2 Å². The van der Waals surface area contributed by atoms with Crippen LogP contribution in [0.2, 0.25) is 10.0 Å². The molecule has 1 aliphatic rings. The van der Waals surface area contributed by atoms with Crippen LogP contribution in [0.25, 0.3) is 0 Å². The van der Waals surface area contributed by atoms with Crippen LogP contribution in [0.4, 0.5) is 10.5 Å². The van der Waals surface area contributed by atoms with Crippen molar-refractivity contribution in [3.05, 3.63) is 58.1 Å². The van der Waals surface area contributed by atoms with Crippen LogP contribution in [0.5, 0.6) is 0 Å². The van der Waals surface area contributed by atoms with Crippen molar-refractivity contribution < 1.29 is 13.2 Å². The van der Waals surface area contributed by atoms with Gasteiger partial charge in [0.15, 0.2) is 9.84 Å². The number of benzene rings is 2. The maximum Gasteiger partial charge on any atom is 0.319 e. The molecule has 3 rings (SSSR count). The summed E-state index contributed by atoms with van der Waals surface area (Å²) >= 11 is 12.2. The molecule has 1 saturated heterocycles. The van der Waals surface area contributed by atoms with Gasteiger partial charge in [0.05, 0.1) is 26.7 Å². The van der Waals surface area contributed by atoms with Gasteiger partial charge in [0.1, 0.15) is 0 Å². The topological polar surface area (TPSA) is 87.3 Å². The number of urea groups is 1. The first-order valence-electron chi connectivity index (χ1n) is 9.81. The number of hydrogen-bond acceptors (Lipinski definition) is 4. The van der Waals surface area contributed by atoms with Gasteiger partial charge in [-0.1, -0.05) is 35.3 Å². The summed E-state index contributed by atoms with van der Waals surface area (Å²) in [5.74, 6) is 0.262. The van der Waals surface area contributed by atoms with E-state index < -0.39 is 15.9 Å². The predicted molar refractivity (Wildman–Crippen MR) is 121 cm³/mol. The van der Waals surface area contributed by atoms with E-state index >= 15 is 0 Å². The van der Waals surface area contributed by atoms with Gasteiger partial charge in [-0.2, -0.15) is 0 Å². The van der Waals surface area contributed by atoms with Crippen molar-refractivity contribution in [3.63, 3.8) is 0 Å². The van der Waals surface area contributed by atoms with Crippen molar-refractivity contribution in [2.75, 3.05) is 24.2 Å². The third kappa shape index (κ3) is 5.88. The molecule has 2 amide bonds. The van der Waals surface area contributed by atoms with Crippen LogP contribution in [-0.4, -0.2) is 33.3 Å². The second-order valence-electron chi connectivity index (χ2n) is 7.48. The lowest BCUT2D eigenvalue weighted by Gasteiger charge is -2.22. The van der Waals surface area contributed by atoms with Crippen molar-refractivity contribution in [2.24, 2.45) is 5.92 Å². The smallest absolute Gasteiger partial charge is 0.319 e. The summed E-state index contributed by atoms with van der Waals surface area (Å²) in [6, 6.07) is 10.7. The first-order valence-corrected chi connectivity index (χ1v) is 12.2. The second kappa shape index (κ2) is 10.0. The minimum atomic E-state index is -3.36. The Hall–Kier alpha value is -1.80. The molecule has 0 bridgehead atoms. The molecule has 1 aliphatic heterocycles. The number of hydrogen-bond donors (Lipinski definition) is 3. The molecule has 6 nitrogen and oxygen atoms in total. The molecular formula is C21H25Cl2N3O3S. The van der Waals surface area contributed by atoms with Gasteiger partial charge >= 0.3 is 6.03 Å². The quantitative estimate of drug-likeness (QED) is 0.574. The Bertz CT molecular complexity index is 991. The molecule has 3 N–H and O–H groups in total. The highest BCUT2D eigenvalue weighted by atomic mass is 35.5. The molecule has 2 aromatic carbocycles. The monoisotopic (exact) mass is 469 g/mol. The number of rotatable bonds is 6. The number of anilines is 1. The summed E-state index contributed by atoms with van der Waals surface area (Å²) < 4.78 is 25.3. The average molecular weight is 470 g/mol. The maximum atomic E-state index is 12.6. The normalized spacial score (nSPS) is 17.9. The van der Waals surface area contributed by atoms with Crippen LogP contribution in [-0.2, 0) is 9.84 Å². The fourth-order valence-electron chi connectivity index (χ4n) is 3.51. The lowest BCUT2D eigenvalue weighted by atomic mass is 10.0. The van der Waals surface area contributed by atoms with Gasteiger partial charge in [-0.05, 0) is 74.7 Å².